The Morgan fingerprint density at radius 3 is 1.69 bits per heavy atom. The maximum absolute atomic E-state index is 10.9. The van der Waals surface area contributed by atoms with Crippen molar-refractivity contribution in [2.75, 3.05) is 0 Å². The molecule has 0 radical (unpaired) electrons. The summed E-state index contributed by atoms with van der Waals surface area (Å²) >= 11 is 0. The molecule has 0 aliphatic rings. The third kappa shape index (κ3) is 2.42. The topological polar surface area (TPSA) is 57.5 Å². The summed E-state index contributed by atoms with van der Waals surface area (Å²) in [7, 11) is 0. The molecule has 3 nitrogen and oxygen atoms in total. The lowest BCUT2D eigenvalue weighted by Gasteiger charge is -2.22. The zero-order chi connectivity index (χ0) is 12.6. The van der Waals surface area contributed by atoms with Crippen LogP contribution < -0.4 is 0 Å². The fourth-order valence-corrected chi connectivity index (χ4v) is 1.42. The van der Waals surface area contributed by atoms with E-state index in [4.69, 9.17) is 5.11 Å². The smallest absolute Gasteiger partial charge is 0.340 e. The molecule has 3 heteroatoms. The third-order valence-electron chi connectivity index (χ3n) is 2.73. The number of hydrogen-bond donors (Lipinski definition) is 2. The summed E-state index contributed by atoms with van der Waals surface area (Å²) in [6.45, 7) is 7.52. The molecule has 0 spiro atoms. The molecule has 0 saturated carbocycles. The number of aliphatic carboxylic acids is 1. The Bertz CT molecular complexity index is 383. The van der Waals surface area contributed by atoms with Crippen molar-refractivity contribution < 1.29 is 15.0 Å². The lowest BCUT2D eigenvalue weighted by molar-refractivity contribution is -0.157. The number of carboxylic acid groups (broad SMARTS) is 1. The highest BCUT2D eigenvalue weighted by atomic mass is 16.4. The number of rotatable bonds is 2. The van der Waals surface area contributed by atoms with Crippen LogP contribution in [0.4, 0.5) is 0 Å². The number of aliphatic hydroxyl groups is 1. The van der Waals surface area contributed by atoms with Gasteiger partial charge in [-0.25, -0.2) is 4.79 Å². The van der Waals surface area contributed by atoms with Gasteiger partial charge >= 0.3 is 5.97 Å². The summed E-state index contributed by atoms with van der Waals surface area (Å²) < 4.78 is 0. The molecule has 0 aliphatic carbocycles. The first kappa shape index (κ1) is 12.7. The Morgan fingerprint density at radius 1 is 1.00 bits per heavy atom. The van der Waals surface area contributed by atoms with Crippen molar-refractivity contribution >= 4 is 5.97 Å². The third-order valence-corrected chi connectivity index (χ3v) is 2.73. The molecule has 0 bridgehead atoms. The molecule has 2 N–H and O–H groups in total. The van der Waals surface area contributed by atoms with Crippen LogP contribution in [0.3, 0.4) is 0 Å². The van der Waals surface area contributed by atoms with E-state index in [0.717, 1.165) is 5.56 Å². The van der Waals surface area contributed by atoms with Gasteiger partial charge in [-0.3, -0.25) is 0 Å². The highest BCUT2D eigenvalue weighted by molar-refractivity contribution is 5.78. The van der Waals surface area contributed by atoms with Gasteiger partial charge in [0.05, 0.1) is 0 Å². The second kappa shape index (κ2) is 3.91. The SMILES string of the molecule is CC(C)(C)c1ccc(C(C)(O)C(=O)O)cc1. The molecule has 0 saturated heterocycles. The van der Waals surface area contributed by atoms with E-state index in [1.54, 1.807) is 12.1 Å². The largest absolute Gasteiger partial charge is 0.479 e. The van der Waals surface area contributed by atoms with Gasteiger partial charge in [0, 0.05) is 0 Å². The molecule has 88 valence electrons. The van der Waals surface area contributed by atoms with Crippen LogP contribution in [0.5, 0.6) is 0 Å². The normalized spacial score (nSPS) is 15.6. The summed E-state index contributed by atoms with van der Waals surface area (Å²) in [5.74, 6) is -1.24. The zero-order valence-corrected chi connectivity index (χ0v) is 10.1. The Labute approximate surface area is 95.7 Å². The molecular formula is C13H18O3. The van der Waals surface area contributed by atoms with Crippen LogP contribution >= 0.6 is 0 Å². The second-order valence-corrected chi connectivity index (χ2v) is 5.20. The van der Waals surface area contributed by atoms with Crippen LogP contribution in [-0.2, 0) is 15.8 Å². The predicted octanol–water partition coefficient (Wildman–Crippen LogP) is 2.28. The molecule has 0 fully saturated rings. The van der Waals surface area contributed by atoms with Gasteiger partial charge in [0.15, 0.2) is 5.60 Å². The van der Waals surface area contributed by atoms with Crippen molar-refractivity contribution in [1.29, 1.82) is 0 Å². The molecule has 1 atom stereocenters. The van der Waals surface area contributed by atoms with E-state index >= 15 is 0 Å². The molecule has 1 aromatic rings. The van der Waals surface area contributed by atoms with E-state index in [1.807, 2.05) is 12.1 Å². The summed E-state index contributed by atoms with van der Waals surface area (Å²) in [5, 5.41) is 18.6. The first-order chi connectivity index (χ1) is 7.15. The maximum Gasteiger partial charge on any atom is 0.340 e. The Hall–Kier alpha value is -1.35. The molecule has 16 heavy (non-hydrogen) atoms. The highest BCUT2D eigenvalue weighted by Crippen LogP contribution is 2.26. The van der Waals surface area contributed by atoms with Crippen LogP contribution in [0.2, 0.25) is 0 Å². The quantitative estimate of drug-likeness (QED) is 0.807. The van der Waals surface area contributed by atoms with Gasteiger partial charge in [-0.05, 0) is 23.5 Å². The van der Waals surface area contributed by atoms with Crippen molar-refractivity contribution in [3.63, 3.8) is 0 Å². The first-order valence-electron chi connectivity index (χ1n) is 5.22. The van der Waals surface area contributed by atoms with Crippen LogP contribution in [0.25, 0.3) is 0 Å². The van der Waals surface area contributed by atoms with E-state index < -0.39 is 11.6 Å². The van der Waals surface area contributed by atoms with Crippen molar-refractivity contribution in [1.82, 2.24) is 0 Å². The lowest BCUT2D eigenvalue weighted by atomic mass is 9.85. The summed E-state index contributed by atoms with van der Waals surface area (Å²) in [6.07, 6.45) is 0. The number of benzene rings is 1. The van der Waals surface area contributed by atoms with Gasteiger partial charge in [0.1, 0.15) is 0 Å². The average Bonchev–Trinajstić information content (AvgIpc) is 2.16. The maximum atomic E-state index is 10.9. The average molecular weight is 222 g/mol. The van der Waals surface area contributed by atoms with Gasteiger partial charge in [-0.2, -0.15) is 0 Å². The predicted molar refractivity (Wildman–Crippen MR) is 62.3 cm³/mol. The monoisotopic (exact) mass is 222 g/mol. The van der Waals surface area contributed by atoms with Crippen molar-refractivity contribution in [2.24, 2.45) is 0 Å². The van der Waals surface area contributed by atoms with Crippen molar-refractivity contribution in [2.45, 2.75) is 38.7 Å². The molecule has 1 rings (SSSR count). The molecule has 1 unspecified atom stereocenters. The van der Waals surface area contributed by atoms with E-state index in [2.05, 4.69) is 20.8 Å². The lowest BCUT2D eigenvalue weighted by Crippen LogP contribution is -2.31. The number of carboxylic acids is 1. The Balaban J connectivity index is 3.09. The molecule has 0 amide bonds. The second-order valence-electron chi connectivity index (χ2n) is 5.20. The molecule has 0 aromatic heterocycles. The summed E-state index contributed by atoms with van der Waals surface area (Å²) in [4.78, 5) is 10.9. The number of hydrogen-bond acceptors (Lipinski definition) is 2. The molecule has 0 heterocycles. The van der Waals surface area contributed by atoms with E-state index in [9.17, 15) is 9.90 Å². The van der Waals surface area contributed by atoms with Crippen molar-refractivity contribution in [3.05, 3.63) is 35.4 Å². The standard InChI is InChI=1S/C13H18O3/c1-12(2,3)9-5-7-10(8-6-9)13(4,16)11(14)15/h5-8,16H,1-4H3,(H,14,15). The molecular weight excluding hydrogens is 204 g/mol. The highest BCUT2D eigenvalue weighted by Gasteiger charge is 2.32. The fraction of sp³-hybridized carbons (Fsp3) is 0.462. The fourth-order valence-electron chi connectivity index (χ4n) is 1.42. The van der Waals surface area contributed by atoms with Crippen LogP contribution in [-0.4, -0.2) is 16.2 Å². The Morgan fingerprint density at radius 2 is 1.38 bits per heavy atom. The molecule has 1 aromatic carbocycles. The van der Waals surface area contributed by atoms with E-state index in [0.29, 0.717) is 5.56 Å². The van der Waals surface area contributed by atoms with Gasteiger partial charge in [0.25, 0.3) is 0 Å². The van der Waals surface area contributed by atoms with Crippen molar-refractivity contribution in [3.8, 4) is 0 Å². The minimum absolute atomic E-state index is 0.0214. The molecule has 0 aliphatic heterocycles. The van der Waals surface area contributed by atoms with Gasteiger partial charge in [-0.1, -0.05) is 45.0 Å². The van der Waals surface area contributed by atoms with Crippen LogP contribution in [0.1, 0.15) is 38.8 Å². The van der Waals surface area contributed by atoms with Gasteiger partial charge in [0.2, 0.25) is 0 Å². The van der Waals surface area contributed by atoms with Gasteiger partial charge < -0.3 is 10.2 Å². The minimum atomic E-state index is -1.82. The first-order valence-corrected chi connectivity index (χ1v) is 5.22. The number of carbonyl (C=O) groups is 1. The van der Waals surface area contributed by atoms with Gasteiger partial charge in [-0.15, -0.1) is 0 Å². The van der Waals surface area contributed by atoms with Crippen LogP contribution in [0.15, 0.2) is 24.3 Å². The van der Waals surface area contributed by atoms with Crippen LogP contribution in [0, 0.1) is 0 Å². The summed E-state index contributed by atoms with van der Waals surface area (Å²) in [5.41, 5.74) is -0.297. The zero-order valence-electron chi connectivity index (χ0n) is 10.1. The summed E-state index contributed by atoms with van der Waals surface area (Å²) in [6, 6.07) is 7.03. The van der Waals surface area contributed by atoms with E-state index in [-0.39, 0.29) is 5.41 Å². The minimum Gasteiger partial charge on any atom is -0.479 e. The Kier molecular flexibility index (Phi) is 3.10. The van der Waals surface area contributed by atoms with E-state index in [1.165, 1.54) is 6.92 Å².